The van der Waals surface area contributed by atoms with Gasteiger partial charge < -0.3 is 14.8 Å². The summed E-state index contributed by atoms with van der Waals surface area (Å²) < 4.78 is 12.9. The number of nitrogens with zero attached hydrogens (tertiary/aromatic N) is 3. The standard InChI is InChI=1S/C24H30N4O3/c1-15-20(16(2)26-23-22(15)24(30-4)27-28(23)3)10-11-21(29)25-12-13-31-19-9-8-17-6-5-7-18(17)14-19/h8-9,14H,5-7,10-13H2,1-4H3,(H,25,29). The highest BCUT2D eigenvalue weighted by Crippen LogP contribution is 2.30. The predicted molar refractivity (Wildman–Crippen MR) is 120 cm³/mol. The summed E-state index contributed by atoms with van der Waals surface area (Å²) in [5.74, 6) is 1.46. The minimum atomic E-state index is 0.00889. The molecule has 1 aliphatic rings. The lowest BCUT2D eigenvalue weighted by molar-refractivity contribution is -0.121. The number of amides is 1. The van der Waals surface area contributed by atoms with Crippen LogP contribution in [0.2, 0.25) is 0 Å². The number of ether oxygens (including phenoxy) is 2. The Morgan fingerprint density at radius 1 is 1.23 bits per heavy atom. The van der Waals surface area contributed by atoms with E-state index < -0.39 is 0 Å². The largest absolute Gasteiger partial charge is 0.492 e. The highest BCUT2D eigenvalue weighted by atomic mass is 16.5. The molecule has 0 saturated heterocycles. The minimum Gasteiger partial charge on any atom is -0.492 e. The highest BCUT2D eigenvalue weighted by Gasteiger charge is 2.18. The van der Waals surface area contributed by atoms with E-state index in [1.807, 2.05) is 27.0 Å². The van der Waals surface area contributed by atoms with Gasteiger partial charge in [0.2, 0.25) is 11.8 Å². The molecule has 31 heavy (non-hydrogen) atoms. The number of benzene rings is 1. The third-order valence-electron chi connectivity index (χ3n) is 6.08. The summed E-state index contributed by atoms with van der Waals surface area (Å²) in [5.41, 5.74) is 6.68. The molecule has 2 heterocycles. The number of carbonyl (C=O) groups excluding carboxylic acids is 1. The second kappa shape index (κ2) is 8.96. The molecule has 7 heteroatoms. The number of aryl methyl sites for hydroxylation is 5. The zero-order valence-corrected chi connectivity index (χ0v) is 18.7. The Bertz CT molecular complexity index is 1120. The first-order chi connectivity index (χ1) is 15.0. The monoisotopic (exact) mass is 422 g/mol. The molecule has 0 saturated carbocycles. The Hall–Kier alpha value is -3.09. The summed E-state index contributed by atoms with van der Waals surface area (Å²) in [4.78, 5) is 17.1. The molecule has 0 fully saturated rings. The molecule has 164 valence electrons. The van der Waals surface area contributed by atoms with Gasteiger partial charge in [-0.2, -0.15) is 0 Å². The summed E-state index contributed by atoms with van der Waals surface area (Å²) in [7, 11) is 3.47. The van der Waals surface area contributed by atoms with E-state index in [9.17, 15) is 4.79 Å². The van der Waals surface area contributed by atoms with Gasteiger partial charge in [-0.3, -0.25) is 4.79 Å². The van der Waals surface area contributed by atoms with Crippen LogP contribution in [0.3, 0.4) is 0 Å². The van der Waals surface area contributed by atoms with E-state index in [-0.39, 0.29) is 5.91 Å². The van der Waals surface area contributed by atoms with Crippen molar-refractivity contribution in [1.29, 1.82) is 0 Å². The average Bonchev–Trinajstić information content (AvgIpc) is 3.35. The molecule has 0 radical (unpaired) electrons. The summed E-state index contributed by atoms with van der Waals surface area (Å²) in [6.07, 6.45) is 4.55. The fourth-order valence-corrected chi connectivity index (χ4v) is 4.43. The number of carbonyl (C=O) groups is 1. The second-order valence-electron chi connectivity index (χ2n) is 8.11. The quantitative estimate of drug-likeness (QED) is 0.564. The van der Waals surface area contributed by atoms with Gasteiger partial charge in [-0.25, -0.2) is 9.67 Å². The van der Waals surface area contributed by atoms with E-state index in [4.69, 9.17) is 9.47 Å². The second-order valence-corrected chi connectivity index (χ2v) is 8.11. The normalized spacial score (nSPS) is 12.8. The Balaban J connectivity index is 1.30. The van der Waals surface area contributed by atoms with Crippen molar-refractivity contribution in [2.75, 3.05) is 20.3 Å². The first-order valence-electron chi connectivity index (χ1n) is 10.9. The van der Waals surface area contributed by atoms with E-state index >= 15 is 0 Å². The molecule has 7 nitrogen and oxygen atoms in total. The van der Waals surface area contributed by atoms with Crippen LogP contribution in [0.25, 0.3) is 11.0 Å². The lowest BCUT2D eigenvalue weighted by Gasteiger charge is -2.12. The van der Waals surface area contributed by atoms with Crippen molar-refractivity contribution in [2.24, 2.45) is 7.05 Å². The molecule has 0 unspecified atom stereocenters. The van der Waals surface area contributed by atoms with Crippen LogP contribution in [0.1, 0.15) is 40.8 Å². The molecular weight excluding hydrogens is 392 g/mol. The van der Waals surface area contributed by atoms with E-state index in [1.54, 1.807) is 11.8 Å². The zero-order chi connectivity index (χ0) is 22.0. The van der Waals surface area contributed by atoms with Crippen LogP contribution in [0.15, 0.2) is 18.2 Å². The Labute approximate surface area is 182 Å². The molecule has 1 N–H and O–H groups in total. The van der Waals surface area contributed by atoms with Gasteiger partial charge in [-0.15, -0.1) is 5.10 Å². The van der Waals surface area contributed by atoms with Crippen LogP contribution in [0.4, 0.5) is 0 Å². The maximum absolute atomic E-state index is 12.4. The average molecular weight is 423 g/mol. The van der Waals surface area contributed by atoms with Crippen molar-refractivity contribution < 1.29 is 14.3 Å². The van der Waals surface area contributed by atoms with Crippen LogP contribution in [-0.4, -0.2) is 40.9 Å². The number of hydrogen-bond acceptors (Lipinski definition) is 5. The van der Waals surface area contributed by atoms with E-state index in [0.717, 1.165) is 40.0 Å². The molecule has 0 aliphatic heterocycles. The molecule has 2 aromatic heterocycles. The molecule has 1 amide bonds. The lowest BCUT2D eigenvalue weighted by atomic mass is 10.00. The Morgan fingerprint density at radius 2 is 2.03 bits per heavy atom. The van der Waals surface area contributed by atoms with E-state index in [1.165, 1.54) is 24.0 Å². The predicted octanol–water partition coefficient (Wildman–Crippen LogP) is 3.21. The molecule has 3 aromatic rings. The van der Waals surface area contributed by atoms with Gasteiger partial charge in [0.15, 0.2) is 5.65 Å². The number of nitrogens with one attached hydrogen (secondary N) is 1. The number of methoxy groups -OCH3 is 1. The van der Waals surface area contributed by atoms with Crippen LogP contribution >= 0.6 is 0 Å². The fourth-order valence-electron chi connectivity index (χ4n) is 4.43. The van der Waals surface area contributed by atoms with Crippen molar-refractivity contribution in [3.8, 4) is 11.6 Å². The van der Waals surface area contributed by atoms with Crippen LogP contribution in [-0.2, 0) is 31.1 Å². The van der Waals surface area contributed by atoms with Gasteiger partial charge in [0.1, 0.15) is 12.4 Å². The summed E-state index contributed by atoms with van der Waals surface area (Å²) >= 11 is 0. The zero-order valence-electron chi connectivity index (χ0n) is 18.7. The van der Waals surface area contributed by atoms with Crippen molar-refractivity contribution >= 4 is 16.9 Å². The first-order valence-corrected chi connectivity index (χ1v) is 10.9. The Morgan fingerprint density at radius 3 is 2.84 bits per heavy atom. The molecule has 1 aromatic carbocycles. The van der Waals surface area contributed by atoms with Gasteiger partial charge in [-0.1, -0.05) is 6.07 Å². The number of fused-ring (bicyclic) bond motifs is 2. The number of hydrogen-bond donors (Lipinski definition) is 1. The molecular formula is C24H30N4O3. The van der Waals surface area contributed by atoms with Crippen molar-refractivity contribution in [3.63, 3.8) is 0 Å². The van der Waals surface area contributed by atoms with Gasteiger partial charge in [0.05, 0.1) is 19.0 Å². The first kappa shape index (κ1) is 21.2. The Kier molecular flexibility index (Phi) is 6.11. The van der Waals surface area contributed by atoms with E-state index in [0.29, 0.717) is 31.9 Å². The van der Waals surface area contributed by atoms with E-state index in [2.05, 4.69) is 27.5 Å². The highest BCUT2D eigenvalue weighted by molar-refractivity contribution is 5.86. The van der Waals surface area contributed by atoms with Crippen molar-refractivity contribution in [1.82, 2.24) is 20.1 Å². The minimum absolute atomic E-state index is 0.00889. The maximum Gasteiger partial charge on any atom is 0.242 e. The van der Waals surface area contributed by atoms with Crippen LogP contribution < -0.4 is 14.8 Å². The van der Waals surface area contributed by atoms with Crippen molar-refractivity contribution in [3.05, 3.63) is 46.1 Å². The summed E-state index contributed by atoms with van der Waals surface area (Å²) in [6.45, 7) is 4.97. The maximum atomic E-state index is 12.4. The van der Waals surface area contributed by atoms with Crippen LogP contribution in [0, 0.1) is 13.8 Å². The molecule has 1 aliphatic carbocycles. The van der Waals surface area contributed by atoms with Gasteiger partial charge in [0, 0.05) is 19.2 Å². The number of pyridine rings is 1. The topological polar surface area (TPSA) is 78.3 Å². The van der Waals surface area contributed by atoms with Gasteiger partial charge in [0.25, 0.3) is 0 Å². The summed E-state index contributed by atoms with van der Waals surface area (Å²) in [5, 5.41) is 8.24. The smallest absolute Gasteiger partial charge is 0.242 e. The third kappa shape index (κ3) is 4.36. The summed E-state index contributed by atoms with van der Waals surface area (Å²) in [6, 6.07) is 6.31. The van der Waals surface area contributed by atoms with Crippen molar-refractivity contribution in [2.45, 2.75) is 46.0 Å². The molecule has 0 spiro atoms. The molecule has 0 atom stereocenters. The third-order valence-corrected chi connectivity index (χ3v) is 6.08. The van der Waals surface area contributed by atoms with Crippen LogP contribution in [0.5, 0.6) is 11.6 Å². The number of rotatable bonds is 8. The number of aromatic nitrogens is 3. The SMILES string of the molecule is COc1nn(C)c2nc(C)c(CCC(=O)NCCOc3ccc4c(c3)CCC4)c(C)c12. The molecule has 0 bridgehead atoms. The lowest BCUT2D eigenvalue weighted by Crippen LogP contribution is -2.28. The molecule has 4 rings (SSSR count). The van der Waals surface area contributed by atoms with Gasteiger partial charge >= 0.3 is 0 Å². The fraction of sp³-hybridized carbons (Fsp3) is 0.458. The van der Waals surface area contributed by atoms with Gasteiger partial charge in [-0.05, 0) is 73.9 Å².